The average Bonchev–Trinajstić information content (AvgIpc) is 2.63. The van der Waals surface area contributed by atoms with E-state index < -0.39 is 0 Å². The van der Waals surface area contributed by atoms with E-state index >= 15 is 0 Å². The van der Waals surface area contributed by atoms with Gasteiger partial charge < -0.3 is 10.1 Å². The Balaban J connectivity index is 0.00000225. The Morgan fingerprint density at radius 1 is 1.12 bits per heavy atom. The molecule has 0 bridgehead atoms. The summed E-state index contributed by atoms with van der Waals surface area (Å²) in [7, 11) is 0. The molecule has 0 saturated heterocycles. The molecule has 3 aromatic rings. The molecule has 2 aromatic carbocycles. The number of fused-ring (bicyclic) bond motifs is 1. The van der Waals surface area contributed by atoms with E-state index in [2.05, 4.69) is 35.4 Å². The fraction of sp³-hybridized carbons (Fsp3) is 0.200. The van der Waals surface area contributed by atoms with Crippen molar-refractivity contribution in [3.05, 3.63) is 59.8 Å². The summed E-state index contributed by atoms with van der Waals surface area (Å²) >= 11 is 0. The largest absolute Gasteiger partial charge is 0.494 e. The molecule has 1 aromatic heterocycles. The zero-order valence-corrected chi connectivity index (χ0v) is 15.1. The summed E-state index contributed by atoms with van der Waals surface area (Å²) in [6, 6.07) is 16.2. The lowest BCUT2D eigenvalue weighted by molar-refractivity contribution is 0.340. The van der Waals surface area contributed by atoms with Crippen LogP contribution in [0.5, 0.6) is 5.75 Å². The molecule has 128 valence electrons. The molecular weight excluding hydrogens is 334 g/mol. The van der Waals surface area contributed by atoms with Gasteiger partial charge >= 0.3 is 0 Å². The molecule has 4 nitrogen and oxygen atoms in total. The van der Waals surface area contributed by atoms with E-state index in [1.165, 1.54) is 5.56 Å². The third-order valence-electron chi connectivity index (χ3n) is 3.90. The first-order valence-electron chi connectivity index (χ1n) is 8.06. The highest BCUT2D eigenvalue weighted by atomic mass is 35.5. The summed E-state index contributed by atoms with van der Waals surface area (Å²) < 4.78 is 5.58. The van der Waals surface area contributed by atoms with Crippen LogP contribution in [0.1, 0.15) is 25.0 Å². The van der Waals surface area contributed by atoms with Gasteiger partial charge in [-0.2, -0.15) is 5.26 Å². The number of benzene rings is 2. The first-order chi connectivity index (χ1) is 11.7. The normalized spacial score (nSPS) is 9.96. The van der Waals surface area contributed by atoms with E-state index in [4.69, 9.17) is 4.74 Å². The number of nitrogens with zero attached hydrogens (tertiary/aromatic N) is 2. The molecule has 0 atom stereocenters. The van der Waals surface area contributed by atoms with Crippen LogP contribution in [0.25, 0.3) is 10.9 Å². The SMILES string of the molecule is CCOc1ccc2ncc(C#N)c(Nc3ccc(CC)cc3)c2c1.Cl. The second kappa shape index (κ2) is 8.36. The number of hydrogen-bond acceptors (Lipinski definition) is 4. The molecule has 1 heterocycles. The van der Waals surface area contributed by atoms with E-state index in [9.17, 15) is 5.26 Å². The predicted octanol–water partition coefficient (Wildman–Crippen LogP) is 5.23. The van der Waals surface area contributed by atoms with Gasteiger partial charge in [0.25, 0.3) is 0 Å². The third kappa shape index (κ3) is 4.01. The summed E-state index contributed by atoms with van der Waals surface area (Å²) in [5.74, 6) is 0.770. The van der Waals surface area contributed by atoms with Crippen molar-refractivity contribution in [1.29, 1.82) is 5.26 Å². The number of anilines is 2. The molecule has 0 spiro atoms. The average molecular weight is 354 g/mol. The van der Waals surface area contributed by atoms with Gasteiger partial charge in [0, 0.05) is 17.3 Å². The number of aromatic nitrogens is 1. The maximum Gasteiger partial charge on any atom is 0.120 e. The second-order valence-corrected chi connectivity index (χ2v) is 5.45. The van der Waals surface area contributed by atoms with Gasteiger partial charge in [-0.3, -0.25) is 4.98 Å². The molecule has 5 heteroatoms. The summed E-state index contributed by atoms with van der Waals surface area (Å²) in [4.78, 5) is 4.36. The van der Waals surface area contributed by atoms with E-state index in [1.807, 2.05) is 37.3 Å². The van der Waals surface area contributed by atoms with Crippen LogP contribution < -0.4 is 10.1 Å². The molecule has 0 saturated carbocycles. The lowest BCUT2D eigenvalue weighted by Crippen LogP contribution is -1.98. The number of nitrogens with one attached hydrogen (secondary N) is 1. The number of hydrogen-bond donors (Lipinski definition) is 1. The molecule has 0 aliphatic carbocycles. The second-order valence-electron chi connectivity index (χ2n) is 5.45. The maximum absolute atomic E-state index is 9.45. The van der Waals surface area contributed by atoms with Crippen molar-refractivity contribution in [3.8, 4) is 11.8 Å². The number of nitriles is 1. The topological polar surface area (TPSA) is 57.9 Å². The molecule has 0 fully saturated rings. The summed E-state index contributed by atoms with van der Waals surface area (Å²) in [5.41, 5.74) is 4.31. The Bertz CT molecular complexity index is 901. The minimum Gasteiger partial charge on any atom is -0.494 e. The smallest absolute Gasteiger partial charge is 0.120 e. The highest BCUT2D eigenvalue weighted by Gasteiger charge is 2.10. The minimum absolute atomic E-state index is 0. The monoisotopic (exact) mass is 353 g/mol. The Labute approximate surface area is 153 Å². The first-order valence-corrected chi connectivity index (χ1v) is 8.06. The van der Waals surface area contributed by atoms with Crippen LogP contribution in [-0.4, -0.2) is 11.6 Å². The molecule has 0 aliphatic rings. The van der Waals surface area contributed by atoms with Crippen LogP contribution >= 0.6 is 12.4 Å². The fourth-order valence-corrected chi connectivity index (χ4v) is 2.62. The van der Waals surface area contributed by atoms with Gasteiger partial charge in [-0.05, 0) is 49.2 Å². The van der Waals surface area contributed by atoms with Crippen molar-refractivity contribution in [2.75, 3.05) is 11.9 Å². The Hall–Kier alpha value is -2.77. The van der Waals surface area contributed by atoms with Gasteiger partial charge in [0.1, 0.15) is 11.8 Å². The zero-order valence-electron chi connectivity index (χ0n) is 14.2. The van der Waals surface area contributed by atoms with E-state index in [1.54, 1.807) is 6.20 Å². The van der Waals surface area contributed by atoms with Gasteiger partial charge in [0.15, 0.2) is 0 Å². The quantitative estimate of drug-likeness (QED) is 0.682. The van der Waals surface area contributed by atoms with Crippen molar-refractivity contribution in [2.24, 2.45) is 0 Å². The zero-order chi connectivity index (χ0) is 16.9. The van der Waals surface area contributed by atoms with E-state index in [0.717, 1.165) is 34.4 Å². The highest BCUT2D eigenvalue weighted by Crippen LogP contribution is 2.31. The van der Waals surface area contributed by atoms with E-state index in [-0.39, 0.29) is 12.4 Å². The Morgan fingerprint density at radius 3 is 2.52 bits per heavy atom. The number of rotatable bonds is 5. The predicted molar refractivity (Wildman–Crippen MR) is 104 cm³/mol. The van der Waals surface area contributed by atoms with Gasteiger partial charge in [-0.1, -0.05) is 19.1 Å². The van der Waals surface area contributed by atoms with Gasteiger partial charge in [0.05, 0.1) is 23.4 Å². The molecule has 0 aliphatic heterocycles. The molecule has 3 rings (SSSR count). The number of aryl methyl sites for hydroxylation is 1. The van der Waals surface area contributed by atoms with Crippen molar-refractivity contribution in [3.63, 3.8) is 0 Å². The maximum atomic E-state index is 9.45. The first kappa shape index (κ1) is 18.6. The number of pyridine rings is 1. The molecule has 25 heavy (non-hydrogen) atoms. The van der Waals surface area contributed by atoms with Crippen LogP contribution in [0.3, 0.4) is 0 Å². The van der Waals surface area contributed by atoms with Gasteiger partial charge in [0.2, 0.25) is 0 Å². The van der Waals surface area contributed by atoms with Crippen LogP contribution in [0.4, 0.5) is 11.4 Å². The fourth-order valence-electron chi connectivity index (χ4n) is 2.62. The van der Waals surface area contributed by atoms with Crippen molar-refractivity contribution in [2.45, 2.75) is 20.3 Å². The van der Waals surface area contributed by atoms with Crippen LogP contribution in [0, 0.1) is 11.3 Å². The third-order valence-corrected chi connectivity index (χ3v) is 3.90. The van der Waals surface area contributed by atoms with Crippen molar-refractivity contribution in [1.82, 2.24) is 4.98 Å². The van der Waals surface area contributed by atoms with Gasteiger partial charge in [-0.25, -0.2) is 0 Å². The van der Waals surface area contributed by atoms with Crippen LogP contribution in [0.15, 0.2) is 48.7 Å². The number of halogens is 1. The summed E-state index contributed by atoms with van der Waals surface area (Å²) in [6.45, 7) is 4.67. The molecule has 0 radical (unpaired) electrons. The van der Waals surface area contributed by atoms with E-state index in [0.29, 0.717) is 12.2 Å². The lowest BCUT2D eigenvalue weighted by atomic mass is 10.1. The highest BCUT2D eigenvalue weighted by molar-refractivity contribution is 5.96. The summed E-state index contributed by atoms with van der Waals surface area (Å²) in [6.07, 6.45) is 2.60. The summed E-state index contributed by atoms with van der Waals surface area (Å²) in [5, 5.41) is 13.7. The van der Waals surface area contributed by atoms with Crippen molar-refractivity contribution >= 4 is 34.7 Å². The van der Waals surface area contributed by atoms with Crippen molar-refractivity contribution < 1.29 is 4.74 Å². The van der Waals surface area contributed by atoms with Crippen LogP contribution in [-0.2, 0) is 6.42 Å². The Morgan fingerprint density at radius 2 is 1.88 bits per heavy atom. The molecule has 1 N–H and O–H groups in total. The Kier molecular flexibility index (Phi) is 6.21. The lowest BCUT2D eigenvalue weighted by Gasteiger charge is -2.13. The standard InChI is InChI=1S/C20H19N3O.ClH/c1-3-14-5-7-16(8-6-14)23-20-15(12-21)13-22-19-10-9-17(24-4-2)11-18(19)20;/h5-11,13H,3-4H2,1-2H3,(H,22,23);1H. The molecule has 0 amide bonds. The minimum atomic E-state index is 0. The molecule has 0 unspecified atom stereocenters. The van der Waals surface area contributed by atoms with Crippen LogP contribution in [0.2, 0.25) is 0 Å². The molecular formula is C20H20ClN3O. The number of ether oxygens (including phenoxy) is 1. The van der Waals surface area contributed by atoms with Gasteiger partial charge in [-0.15, -0.1) is 12.4 Å².